The molecule has 0 atom stereocenters. The number of ether oxygens (including phenoxy) is 1. The summed E-state index contributed by atoms with van der Waals surface area (Å²) in [5.74, 6) is 0.555. The van der Waals surface area contributed by atoms with Crippen molar-refractivity contribution in [3.8, 4) is 5.75 Å². The molecule has 5 nitrogen and oxygen atoms in total. The first-order valence-electron chi connectivity index (χ1n) is 5.90. The summed E-state index contributed by atoms with van der Waals surface area (Å²) in [5, 5.41) is 2.11. The Balaban J connectivity index is 2.16. The van der Waals surface area contributed by atoms with Gasteiger partial charge in [-0.15, -0.1) is 0 Å². The average Bonchev–Trinajstić information content (AvgIpc) is 2.36. The van der Waals surface area contributed by atoms with E-state index in [0.717, 1.165) is 16.5 Å². The van der Waals surface area contributed by atoms with E-state index < -0.39 is 10.1 Å². The molecule has 0 saturated carbocycles. The summed E-state index contributed by atoms with van der Waals surface area (Å²) >= 11 is 0. The van der Waals surface area contributed by atoms with E-state index in [2.05, 4.69) is 0 Å². The number of pyridine rings is 1. The van der Waals surface area contributed by atoms with Crippen LogP contribution in [-0.4, -0.2) is 25.8 Å². The zero-order chi connectivity index (χ0) is 13.9. The van der Waals surface area contributed by atoms with Crippen molar-refractivity contribution >= 4 is 20.9 Å². The Morgan fingerprint density at radius 2 is 2.05 bits per heavy atom. The topological polar surface area (TPSA) is 67.5 Å². The Kier molecular flexibility index (Phi) is 4.01. The standard InChI is InChI=1S/C13H15NO4S/c1-18-13-4-3-11-5-7-14(10-12(11)9-13)6-2-8-19(15,16)17/h3-5,7,9-10H,2,6,8H2,1H3/p+1. The molecule has 0 unspecified atom stereocenters. The Morgan fingerprint density at radius 3 is 2.74 bits per heavy atom. The van der Waals surface area contributed by atoms with Crippen LogP contribution < -0.4 is 9.30 Å². The Labute approximate surface area is 112 Å². The summed E-state index contributed by atoms with van der Waals surface area (Å²) in [6.45, 7) is 0.535. The zero-order valence-electron chi connectivity index (χ0n) is 10.6. The molecule has 1 aromatic carbocycles. The normalized spacial score (nSPS) is 11.7. The molecular formula is C13H16NO4S+. The molecule has 6 heteroatoms. The van der Waals surface area contributed by atoms with Crippen LogP contribution in [-0.2, 0) is 16.7 Å². The lowest BCUT2D eigenvalue weighted by molar-refractivity contribution is -0.695. The molecular weight excluding hydrogens is 266 g/mol. The van der Waals surface area contributed by atoms with Crippen molar-refractivity contribution in [3.05, 3.63) is 36.7 Å². The Morgan fingerprint density at radius 1 is 1.26 bits per heavy atom. The first-order chi connectivity index (χ1) is 8.98. The predicted molar refractivity (Wildman–Crippen MR) is 71.7 cm³/mol. The van der Waals surface area contributed by atoms with Crippen LogP contribution in [0.4, 0.5) is 0 Å². The maximum Gasteiger partial charge on any atom is 0.265 e. The highest BCUT2D eigenvalue weighted by atomic mass is 32.2. The van der Waals surface area contributed by atoms with E-state index in [1.807, 2.05) is 41.2 Å². The molecule has 0 fully saturated rings. The molecule has 102 valence electrons. The lowest BCUT2D eigenvalue weighted by Crippen LogP contribution is -2.33. The first kappa shape index (κ1) is 13.8. The van der Waals surface area contributed by atoms with E-state index in [0.29, 0.717) is 13.0 Å². The van der Waals surface area contributed by atoms with E-state index in [4.69, 9.17) is 9.29 Å². The van der Waals surface area contributed by atoms with Gasteiger partial charge in [-0.25, -0.2) is 4.57 Å². The summed E-state index contributed by atoms with van der Waals surface area (Å²) in [7, 11) is -2.27. The summed E-state index contributed by atoms with van der Waals surface area (Å²) in [5.41, 5.74) is 0. The SMILES string of the molecule is COc1ccc2cc[n+](CCCS(=O)(=O)O)cc2c1. The molecule has 1 N–H and O–H groups in total. The van der Waals surface area contributed by atoms with Gasteiger partial charge in [-0.3, -0.25) is 4.55 Å². The van der Waals surface area contributed by atoms with Crippen molar-refractivity contribution in [1.82, 2.24) is 0 Å². The van der Waals surface area contributed by atoms with Crippen molar-refractivity contribution in [3.63, 3.8) is 0 Å². The highest BCUT2D eigenvalue weighted by Gasteiger charge is 2.08. The van der Waals surface area contributed by atoms with Gasteiger partial charge in [0, 0.05) is 17.9 Å². The molecule has 2 aromatic rings. The van der Waals surface area contributed by atoms with Crippen molar-refractivity contribution in [2.75, 3.05) is 12.9 Å². The fourth-order valence-corrected chi connectivity index (χ4v) is 2.40. The third kappa shape index (κ3) is 3.90. The van der Waals surface area contributed by atoms with E-state index in [9.17, 15) is 8.42 Å². The lowest BCUT2D eigenvalue weighted by Gasteiger charge is -2.02. The smallest absolute Gasteiger partial charge is 0.265 e. The summed E-state index contributed by atoms with van der Waals surface area (Å²) in [6.07, 6.45) is 4.19. The first-order valence-corrected chi connectivity index (χ1v) is 7.51. The number of rotatable bonds is 5. The fourth-order valence-electron chi connectivity index (χ4n) is 1.91. The molecule has 0 spiro atoms. The van der Waals surface area contributed by atoms with Crippen LogP contribution in [0.25, 0.3) is 10.8 Å². The van der Waals surface area contributed by atoms with Gasteiger partial charge in [-0.2, -0.15) is 8.42 Å². The average molecular weight is 282 g/mol. The highest BCUT2D eigenvalue weighted by molar-refractivity contribution is 7.85. The van der Waals surface area contributed by atoms with E-state index in [1.165, 1.54) is 0 Å². The van der Waals surface area contributed by atoms with Gasteiger partial charge in [-0.1, -0.05) is 6.07 Å². The molecule has 0 aliphatic heterocycles. The van der Waals surface area contributed by atoms with E-state index in [-0.39, 0.29) is 5.75 Å². The summed E-state index contributed by atoms with van der Waals surface area (Å²) < 4.78 is 37.0. The number of aromatic nitrogens is 1. The predicted octanol–water partition coefficient (Wildman–Crippen LogP) is 1.41. The van der Waals surface area contributed by atoms with Crippen LogP contribution in [0.15, 0.2) is 36.7 Å². The second kappa shape index (κ2) is 5.54. The molecule has 0 saturated heterocycles. The highest BCUT2D eigenvalue weighted by Crippen LogP contribution is 2.18. The van der Waals surface area contributed by atoms with Gasteiger partial charge in [0.2, 0.25) is 0 Å². The second-order valence-corrected chi connectivity index (χ2v) is 5.89. The van der Waals surface area contributed by atoms with Crippen molar-refractivity contribution in [1.29, 1.82) is 0 Å². The monoisotopic (exact) mass is 282 g/mol. The molecule has 0 bridgehead atoms. The summed E-state index contributed by atoms with van der Waals surface area (Å²) in [4.78, 5) is 0. The fraction of sp³-hybridized carbons (Fsp3) is 0.308. The van der Waals surface area contributed by atoms with Gasteiger partial charge in [0.25, 0.3) is 10.1 Å². The van der Waals surface area contributed by atoms with Crippen LogP contribution in [0.2, 0.25) is 0 Å². The van der Waals surface area contributed by atoms with Crippen LogP contribution in [0, 0.1) is 0 Å². The summed E-state index contributed by atoms with van der Waals surface area (Å²) in [6, 6.07) is 7.75. The lowest BCUT2D eigenvalue weighted by atomic mass is 10.1. The number of nitrogens with zero attached hydrogens (tertiary/aromatic N) is 1. The molecule has 19 heavy (non-hydrogen) atoms. The third-order valence-corrected chi connectivity index (χ3v) is 3.67. The Bertz CT molecular complexity index is 682. The van der Waals surface area contributed by atoms with Gasteiger partial charge < -0.3 is 4.74 Å². The van der Waals surface area contributed by atoms with Gasteiger partial charge in [0.15, 0.2) is 12.4 Å². The van der Waals surface area contributed by atoms with Crippen molar-refractivity contribution < 1.29 is 22.3 Å². The molecule has 0 radical (unpaired) electrons. The second-order valence-electron chi connectivity index (χ2n) is 4.32. The van der Waals surface area contributed by atoms with Crippen LogP contribution in [0.3, 0.4) is 0 Å². The van der Waals surface area contributed by atoms with E-state index >= 15 is 0 Å². The van der Waals surface area contributed by atoms with Gasteiger partial charge in [0.1, 0.15) is 12.3 Å². The molecule has 0 amide bonds. The molecule has 0 aliphatic rings. The maximum absolute atomic E-state index is 10.6. The number of methoxy groups -OCH3 is 1. The molecule has 1 aromatic heterocycles. The van der Waals surface area contributed by atoms with Gasteiger partial charge in [0.05, 0.1) is 12.9 Å². The third-order valence-electron chi connectivity index (χ3n) is 2.86. The van der Waals surface area contributed by atoms with Crippen LogP contribution in [0.1, 0.15) is 6.42 Å². The largest absolute Gasteiger partial charge is 0.497 e. The minimum atomic E-state index is -3.88. The quantitative estimate of drug-likeness (QED) is 0.665. The Hall–Kier alpha value is -1.66. The maximum atomic E-state index is 10.6. The molecule has 2 rings (SSSR count). The van der Waals surface area contributed by atoms with E-state index in [1.54, 1.807) is 7.11 Å². The minimum absolute atomic E-state index is 0.226. The van der Waals surface area contributed by atoms with Gasteiger partial charge in [-0.05, 0) is 17.5 Å². The zero-order valence-corrected chi connectivity index (χ0v) is 11.4. The molecule has 1 heterocycles. The van der Waals surface area contributed by atoms with Gasteiger partial charge >= 0.3 is 0 Å². The minimum Gasteiger partial charge on any atom is -0.497 e. The number of hydrogen-bond donors (Lipinski definition) is 1. The van der Waals surface area contributed by atoms with Crippen LogP contribution >= 0.6 is 0 Å². The molecule has 0 aliphatic carbocycles. The number of hydrogen-bond acceptors (Lipinski definition) is 3. The van der Waals surface area contributed by atoms with Crippen molar-refractivity contribution in [2.45, 2.75) is 13.0 Å². The number of aryl methyl sites for hydroxylation is 1. The van der Waals surface area contributed by atoms with Crippen molar-refractivity contribution in [2.24, 2.45) is 0 Å². The number of benzene rings is 1. The van der Waals surface area contributed by atoms with Crippen LogP contribution in [0.5, 0.6) is 5.75 Å². The number of fused-ring (bicyclic) bond motifs is 1.